The Kier molecular flexibility index (Phi) is 4.93. The SMILES string of the molecule is CCc1ccc(COc2ccc([N+](=O)[O-])cc2[C@@H](C)O)s1. The average molecular weight is 307 g/mol. The summed E-state index contributed by atoms with van der Waals surface area (Å²) in [4.78, 5) is 12.7. The summed E-state index contributed by atoms with van der Waals surface area (Å²) in [5.41, 5.74) is 0.374. The largest absolute Gasteiger partial charge is 0.488 e. The van der Waals surface area contributed by atoms with Crippen LogP contribution in [0.4, 0.5) is 5.69 Å². The Morgan fingerprint density at radius 2 is 2.05 bits per heavy atom. The number of aryl methyl sites for hydroxylation is 1. The van der Waals surface area contributed by atoms with Gasteiger partial charge in [0, 0.05) is 27.5 Å². The van der Waals surface area contributed by atoms with Crippen molar-refractivity contribution in [3.63, 3.8) is 0 Å². The fourth-order valence-corrected chi connectivity index (χ4v) is 2.82. The van der Waals surface area contributed by atoms with Crippen LogP contribution in [0.5, 0.6) is 5.75 Å². The van der Waals surface area contributed by atoms with Gasteiger partial charge in [0.15, 0.2) is 0 Å². The summed E-state index contributed by atoms with van der Waals surface area (Å²) in [6.07, 6.45) is 0.163. The van der Waals surface area contributed by atoms with Crippen molar-refractivity contribution in [3.05, 3.63) is 55.8 Å². The lowest BCUT2D eigenvalue weighted by Crippen LogP contribution is -2.01. The molecule has 21 heavy (non-hydrogen) atoms. The predicted octanol–water partition coefficient (Wildman–Crippen LogP) is 3.85. The fourth-order valence-electron chi connectivity index (χ4n) is 1.95. The van der Waals surface area contributed by atoms with Gasteiger partial charge in [0.05, 0.1) is 11.0 Å². The highest BCUT2D eigenvalue weighted by Crippen LogP contribution is 2.30. The topological polar surface area (TPSA) is 72.6 Å². The van der Waals surface area contributed by atoms with Crippen LogP contribution in [-0.4, -0.2) is 10.0 Å². The molecular weight excluding hydrogens is 290 g/mol. The molecule has 1 atom stereocenters. The number of aliphatic hydroxyl groups excluding tert-OH is 1. The highest BCUT2D eigenvalue weighted by atomic mass is 32.1. The summed E-state index contributed by atoms with van der Waals surface area (Å²) in [6.45, 7) is 4.05. The lowest BCUT2D eigenvalue weighted by Gasteiger charge is -2.12. The van der Waals surface area contributed by atoms with Crippen molar-refractivity contribution in [2.45, 2.75) is 33.0 Å². The molecule has 5 nitrogen and oxygen atoms in total. The first-order valence-electron chi connectivity index (χ1n) is 6.68. The number of aliphatic hydroxyl groups is 1. The molecule has 0 aliphatic rings. The summed E-state index contributed by atoms with van der Waals surface area (Å²) in [5, 5.41) is 20.5. The molecule has 0 saturated carbocycles. The van der Waals surface area contributed by atoms with Crippen molar-refractivity contribution in [1.82, 2.24) is 0 Å². The minimum absolute atomic E-state index is 0.0531. The van der Waals surface area contributed by atoms with Crippen LogP contribution in [0.3, 0.4) is 0 Å². The van der Waals surface area contributed by atoms with Crippen LogP contribution in [0, 0.1) is 10.1 Å². The number of nitrogens with zero attached hydrogens (tertiary/aromatic N) is 1. The summed E-state index contributed by atoms with van der Waals surface area (Å²) >= 11 is 1.68. The summed E-state index contributed by atoms with van der Waals surface area (Å²) in [5.74, 6) is 0.474. The standard InChI is InChI=1S/C15H17NO4S/c1-3-12-5-6-13(21-12)9-20-15-7-4-11(16(18)19)8-14(15)10(2)17/h4-8,10,17H,3,9H2,1-2H3/t10-/m1/s1. The van der Waals surface area contributed by atoms with Crippen molar-refractivity contribution < 1.29 is 14.8 Å². The number of ether oxygens (including phenoxy) is 1. The van der Waals surface area contributed by atoms with Gasteiger partial charge in [-0.25, -0.2) is 0 Å². The van der Waals surface area contributed by atoms with Gasteiger partial charge in [-0.15, -0.1) is 11.3 Å². The van der Waals surface area contributed by atoms with Crippen LogP contribution in [0.25, 0.3) is 0 Å². The van der Waals surface area contributed by atoms with Crippen LogP contribution in [0.1, 0.15) is 35.3 Å². The Balaban J connectivity index is 2.17. The smallest absolute Gasteiger partial charge is 0.270 e. The van der Waals surface area contributed by atoms with Crippen LogP contribution in [0.2, 0.25) is 0 Å². The lowest BCUT2D eigenvalue weighted by molar-refractivity contribution is -0.385. The molecule has 0 saturated heterocycles. The van der Waals surface area contributed by atoms with Crippen molar-refractivity contribution >= 4 is 17.0 Å². The molecule has 0 aliphatic carbocycles. The lowest BCUT2D eigenvalue weighted by atomic mass is 10.1. The minimum Gasteiger partial charge on any atom is -0.488 e. The van der Waals surface area contributed by atoms with E-state index in [1.54, 1.807) is 18.3 Å². The Morgan fingerprint density at radius 1 is 1.33 bits per heavy atom. The quantitative estimate of drug-likeness (QED) is 0.650. The summed E-state index contributed by atoms with van der Waals surface area (Å²) in [6, 6.07) is 8.35. The van der Waals surface area contributed by atoms with Gasteiger partial charge in [-0.2, -0.15) is 0 Å². The van der Waals surface area contributed by atoms with Crippen LogP contribution in [0.15, 0.2) is 30.3 Å². The van der Waals surface area contributed by atoms with Crippen LogP contribution in [-0.2, 0) is 13.0 Å². The number of thiophene rings is 1. The first kappa shape index (κ1) is 15.5. The molecule has 0 amide bonds. The maximum atomic E-state index is 10.8. The molecule has 2 aromatic rings. The molecule has 1 N–H and O–H groups in total. The van der Waals surface area contributed by atoms with Crippen molar-refractivity contribution in [3.8, 4) is 5.75 Å². The van der Waals surface area contributed by atoms with Crippen molar-refractivity contribution in [2.75, 3.05) is 0 Å². The second-order valence-corrected chi connectivity index (χ2v) is 5.92. The monoisotopic (exact) mass is 307 g/mol. The Morgan fingerprint density at radius 3 is 2.62 bits per heavy atom. The first-order chi connectivity index (χ1) is 10.0. The predicted molar refractivity (Wildman–Crippen MR) is 81.8 cm³/mol. The highest BCUT2D eigenvalue weighted by Gasteiger charge is 2.15. The van der Waals surface area contributed by atoms with E-state index in [9.17, 15) is 15.2 Å². The second kappa shape index (κ2) is 6.69. The first-order valence-corrected chi connectivity index (χ1v) is 7.49. The Hall–Kier alpha value is -1.92. The van der Waals surface area contributed by atoms with Gasteiger partial charge in [0.2, 0.25) is 0 Å². The zero-order chi connectivity index (χ0) is 15.4. The van der Waals surface area contributed by atoms with E-state index in [2.05, 4.69) is 13.0 Å². The molecule has 1 aromatic heterocycles. The van der Waals surface area contributed by atoms with E-state index >= 15 is 0 Å². The van der Waals surface area contributed by atoms with E-state index in [0.29, 0.717) is 17.9 Å². The summed E-state index contributed by atoms with van der Waals surface area (Å²) in [7, 11) is 0. The highest BCUT2D eigenvalue weighted by molar-refractivity contribution is 7.11. The number of benzene rings is 1. The van der Waals surface area contributed by atoms with Crippen LogP contribution < -0.4 is 4.74 Å². The van der Waals surface area contributed by atoms with Gasteiger partial charge in [-0.1, -0.05) is 6.92 Å². The number of non-ortho nitro benzene ring substituents is 1. The molecule has 0 spiro atoms. The van der Waals surface area contributed by atoms with Gasteiger partial charge in [0.1, 0.15) is 12.4 Å². The van der Waals surface area contributed by atoms with E-state index in [1.807, 2.05) is 6.07 Å². The van der Waals surface area contributed by atoms with E-state index in [4.69, 9.17) is 4.74 Å². The molecule has 0 bridgehead atoms. The van der Waals surface area contributed by atoms with E-state index < -0.39 is 11.0 Å². The molecule has 0 aliphatic heterocycles. The maximum absolute atomic E-state index is 10.8. The number of rotatable bonds is 6. The fraction of sp³-hybridized carbons (Fsp3) is 0.333. The molecule has 2 rings (SSSR count). The van der Waals surface area contributed by atoms with Crippen molar-refractivity contribution in [2.24, 2.45) is 0 Å². The summed E-state index contributed by atoms with van der Waals surface area (Å²) < 4.78 is 5.70. The normalized spacial score (nSPS) is 12.1. The van der Waals surface area contributed by atoms with Gasteiger partial charge < -0.3 is 9.84 Å². The zero-order valence-electron chi connectivity index (χ0n) is 11.9. The molecule has 112 valence electrons. The molecular formula is C15H17NO4S. The Bertz CT molecular complexity index is 636. The average Bonchev–Trinajstić information content (AvgIpc) is 2.92. The third-order valence-corrected chi connectivity index (χ3v) is 4.29. The van der Waals surface area contributed by atoms with Gasteiger partial charge >= 0.3 is 0 Å². The Labute approximate surface area is 127 Å². The van der Waals surface area contributed by atoms with Gasteiger partial charge in [-0.3, -0.25) is 10.1 Å². The molecule has 0 radical (unpaired) electrons. The zero-order valence-corrected chi connectivity index (χ0v) is 12.7. The third kappa shape index (κ3) is 3.80. The molecule has 6 heteroatoms. The van der Waals surface area contributed by atoms with Gasteiger partial charge in [0.25, 0.3) is 5.69 Å². The van der Waals surface area contributed by atoms with Crippen LogP contribution >= 0.6 is 11.3 Å². The number of hydrogen-bond acceptors (Lipinski definition) is 5. The molecule has 0 fully saturated rings. The van der Waals surface area contributed by atoms with Crippen molar-refractivity contribution in [1.29, 1.82) is 0 Å². The minimum atomic E-state index is -0.825. The van der Waals surface area contributed by atoms with E-state index in [-0.39, 0.29) is 5.69 Å². The number of hydrogen-bond donors (Lipinski definition) is 1. The van der Waals surface area contributed by atoms with E-state index in [1.165, 1.54) is 23.1 Å². The molecule has 1 heterocycles. The van der Waals surface area contributed by atoms with Gasteiger partial charge in [-0.05, 0) is 31.5 Å². The number of nitro groups is 1. The third-order valence-electron chi connectivity index (χ3n) is 3.09. The second-order valence-electron chi connectivity index (χ2n) is 4.67. The molecule has 1 aromatic carbocycles. The number of nitro benzene ring substituents is 1. The maximum Gasteiger partial charge on any atom is 0.270 e. The molecule has 0 unspecified atom stereocenters. The van der Waals surface area contributed by atoms with E-state index in [0.717, 1.165) is 11.3 Å².